The Bertz CT molecular complexity index is 205. The standard InChI is InChI=1S/C9H16N2O/c1-6(9(2,3)4)12-8-7(10-5)11-8/h7-8,11H,1,5H2,2-4H3. The second-order valence-electron chi connectivity index (χ2n) is 4.01. The van der Waals surface area contributed by atoms with E-state index < -0.39 is 0 Å². The molecular formula is C9H16N2O. The highest BCUT2D eigenvalue weighted by Crippen LogP contribution is 2.28. The van der Waals surface area contributed by atoms with Crippen LogP contribution in [0.15, 0.2) is 17.3 Å². The van der Waals surface area contributed by atoms with Crippen molar-refractivity contribution in [3.63, 3.8) is 0 Å². The summed E-state index contributed by atoms with van der Waals surface area (Å²) in [6.45, 7) is 13.5. The predicted molar refractivity (Wildman–Crippen MR) is 49.9 cm³/mol. The van der Waals surface area contributed by atoms with Crippen molar-refractivity contribution in [2.45, 2.75) is 33.2 Å². The molecule has 0 aromatic carbocycles. The Balaban J connectivity index is 2.34. The zero-order valence-electron chi connectivity index (χ0n) is 7.92. The number of ether oxygens (including phenoxy) is 1. The highest BCUT2D eigenvalue weighted by Gasteiger charge is 2.39. The molecule has 68 valence electrons. The van der Waals surface area contributed by atoms with Crippen molar-refractivity contribution in [2.24, 2.45) is 10.4 Å². The summed E-state index contributed by atoms with van der Waals surface area (Å²) in [6, 6.07) is 0. The third-order valence-electron chi connectivity index (χ3n) is 1.82. The Hall–Kier alpha value is -0.830. The molecule has 2 atom stereocenters. The number of rotatable bonds is 3. The fourth-order valence-corrected chi connectivity index (χ4v) is 0.690. The quantitative estimate of drug-likeness (QED) is 0.394. The van der Waals surface area contributed by atoms with E-state index in [4.69, 9.17) is 4.74 Å². The maximum absolute atomic E-state index is 5.49. The first-order chi connectivity index (χ1) is 5.45. The highest BCUT2D eigenvalue weighted by molar-refractivity contribution is 5.26. The molecule has 0 radical (unpaired) electrons. The van der Waals surface area contributed by atoms with E-state index in [2.05, 4.69) is 44.4 Å². The van der Waals surface area contributed by atoms with Gasteiger partial charge in [0.05, 0.1) is 5.76 Å². The van der Waals surface area contributed by atoms with Crippen LogP contribution in [0.5, 0.6) is 0 Å². The van der Waals surface area contributed by atoms with E-state index in [1.807, 2.05) is 0 Å². The Morgan fingerprint density at radius 2 is 2.08 bits per heavy atom. The second-order valence-corrected chi connectivity index (χ2v) is 4.01. The minimum Gasteiger partial charge on any atom is -0.476 e. The number of aliphatic imine (C=N–C) groups is 1. The first-order valence-corrected chi connectivity index (χ1v) is 4.03. The summed E-state index contributed by atoms with van der Waals surface area (Å²) < 4.78 is 5.49. The van der Waals surface area contributed by atoms with Crippen molar-refractivity contribution in [3.8, 4) is 0 Å². The SMILES string of the molecule is C=NC1NC1OC(=C)C(C)(C)C. The lowest BCUT2D eigenvalue weighted by molar-refractivity contribution is 0.133. The Labute approximate surface area is 73.5 Å². The lowest BCUT2D eigenvalue weighted by atomic mass is 9.95. The predicted octanol–water partition coefficient (Wildman–Crippen LogP) is 1.52. The first-order valence-electron chi connectivity index (χ1n) is 4.03. The average molecular weight is 168 g/mol. The lowest BCUT2D eigenvalue weighted by Crippen LogP contribution is -2.14. The van der Waals surface area contributed by atoms with Gasteiger partial charge in [0.2, 0.25) is 0 Å². The van der Waals surface area contributed by atoms with Crippen LogP contribution in [0, 0.1) is 5.41 Å². The molecule has 2 unspecified atom stereocenters. The van der Waals surface area contributed by atoms with Crippen LogP contribution < -0.4 is 5.32 Å². The van der Waals surface area contributed by atoms with Gasteiger partial charge in [0.25, 0.3) is 0 Å². The number of hydrogen-bond acceptors (Lipinski definition) is 3. The van der Waals surface area contributed by atoms with Gasteiger partial charge in [0, 0.05) is 5.41 Å². The van der Waals surface area contributed by atoms with Gasteiger partial charge in [-0.15, -0.1) is 0 Å². The minimum atomic E-state index is -0.00535. The van der Waals surface area contributed by atoms with Crippen LogP contribution in [-0.4, -0.2) is 19.1 Å². The monoisotopic (exact) mass is 168 g/mol. The van der Waals surface area contributed by atoms with E-state index in [0.29, 0.717) is 0 Å². The summed E-state index contributed by atoms with van der Waals surface area (Å²) in [4.78, 5) is 3.79. The highest BCUT2D eigenvalue weighted by atomic mass is 16.5. The van der Waals surface area contributed by atoms with Crippen molar-refractivity contribution in [1.29, 1.82) is 0 Å². The van der Waals surface area contributed by atoms with Gasteiger partial charge in [-0.3, -0.25) is 10.3 Å². The zero-order valence-corrected chi connectivity index (χ0v) is 7.92. The zero-order chi connectivity index (χ0) is 9.35. The Morgan fingerprint density at radius 3 is 2.42 bits per heavy atom. The fraction of sp³-hybridized carbons (Fsp3) is 0.667. The normalized spacial score (nSPS) is 27.9. The molecule has 0 saturated carbocycles. The van der Waals surface area contributed by atoms with Crippen molar-refractivity contribution < 1.29 is 4.74 Å². The maximum atomic E-state index is 5.49. The molecule has 0 bridgehead atoms. The van der Waals surface area contributed by atoms with Crippen molar-refractivity contribution in [3.05, 3.63) is 12.3 Å². The van der Waals surface area contributed by atoms with Crippen LogP contribution in [0.25, 0.3) is 0 Å². The van der Waals surface area contributed by atoms with Crippen LogP contribution >= 0.6 is 0 Å². The van der Waals surface area contributed by atoms with E-state index in [9.17, 15) is 0 Å². The number of nitrogens with zero attached hydrogens (tertiary/aromatic N) is 1. The molecule has 0 aliphatic carbocycles. The summed E-state index contributed by atoms with van der Waals surface area (Å²) in [6.07, 6.45) is 0.0540. The van der Waals surface area contributed by atoms with Crippen LogP contribution in [0.4, 0.5) is 0 Å². The van der Waals surface area contributed by atoms with Crippen molar-refractivity contribution in [1.82, 2.24) is 5.32 Å². The van der Waals surface area contributed by atoms with E-state index in [1.54, 1.807) is 0 Å². The molecule has 0 amide bonds. The molecule has 1 rings (SSSR count). The van der Waals surface area contributed by atoms with Crippen molar-refractivity contribution in [2.75, 3.05) is 0 Å². The molecular weight excluding hydrogens is 152 g/mol. The van der Waals surface area contributed by atoms with Crippen LogP contribution in [0.1, 0.15) is 20.8 Å². The van der Waals surface area contributed by atoms with Crippen molar-refractivity contribution >= 4 is 6.72 Å². The molecule has 1 N–H and O–H groups in total. The molecule has 1 heterocycles. The molecule has 0 aromatic heterocycles. The van der Waals surface area contributed by atoms with Gasteiger partial charge in [-0.25, -0.2) is 0 Å². The summed E-state index contributed by atoms with van der Waals surface area (Å²) in [5.74, 6) is 0.783. The van der Waals surface area contributed by atoms with Gasteiger partial charge >= 0.3 is 0 Å². The summed E-state index contributed by atoms with van der Waals surface area (Å²) in [7, 11) is 0. The summed E-state index contributed by atoms with van der Waals surface area (Å²) >= 11 is 0. The van der Waals surface area contributed by atoms with Gasteiger partial charge in [0.1, 0.15) is 0 Å². The molecule has 1 fully saturated rings. The molecule has 3 heteroatoms. The Morgan fingerprint density at radius 1 is 1.50 bits per heavy atom. The topological polar surface area (TPSA) is 43.5 Å². The maximum Gasteiger partial charge on any atom is 0.187 e. The van der Waals surface area contributed by atoms with Gasteiger partial charge in [0.15, 0.2) is 12.4 Å². The van der Waals surface area contributed by atoms with Gasteiger partial charge in [-0.1, -0.05) is 27.4 Å². The smallest absolute Gasteiger partial charge is 0.187 e. The first kappa shape index (κ1) is 9.26. The van der Waals surface area contributed by atoms with E-state index in [-0.39, 0.29) is 17.8 Å². The molecule has 1 aliphatic rings. The van der Waals surface area contributed by atoms with Gasteiger partial charge in [-0.05, 0) is 6.72 Å². The third-order valence-corrected chi connectivity index (χ3v) is 1.82. The molecule has 12 heavy (non-hydrogen) atoms. The summed E-state index contributed by atoms with van der Waals surface area (Å²) in [5.41, 5.74) is -0.00398. The number of nitrogens with one attached hydrogen (secondary N) is 1. The summed E-state index contributed by atoms with van der Waals surface area (Å²) in [5, 5.41) is 3.01. The van der Waals surface area contributed by atoms with Crippen LogP contribution in [-0.2, 0) is 4.74 Å². The van der Waals surface area contributed by atoms with Crippen LogP contribution in [0.3, 0.4) is 0 Å². The largest absolute Gasteiger partial charge is 0.476 e. The van der Waals surface area contributed by atoms with E-state index >= 15 is 0 Å². The minimum absolute atomic E-state index is 0.00398. The lowest BCUT2D eigenvalue weighted by Gasteiger charge is -2.21. The molecule has 1 aliphatic heterocycles. The van der Waals surface area contributed by atoms with E-state index in [1.165, 1.54) is 0 Å². The number of hydrogen-bond donors (Lipinski definition) is 1. The Kier molecular flexibility index (Phi) is 2.24. The fourth-order valence-electron chi connectivity index (χ4n) is 0.690. The second kappa shape index (κ2) is 2.90. The molecule has 1 saturated heterocycles. The van der Waals surface area contributed by atoms with Gasteiger partial charge in [-0.2, -0.15) is 0 Å². The van der Waals surface area contributed by atoms with Crippen LogP contribution in [0.2, 0.25) is 0 Å². The average Bonchev–Trinajstić information content (AvgIpc) is 2.65. The molecule has 3 nitrogen and oxygen atoms in total. The molecule has 0 spiro atoms. The third kappa shape index (κ3) is 2.08. The van der Waals surface area contributed by atoms with E-state index in [0.717, 1.165) is 5.76 Å². The number of allylic oxidation sites excluding steroid dienone is 1. The molecule has 0 aromatic rings. The van der Waals surface area contributed by atoms with Gasteiger partial charge < -0.3 is 4.74 Å².